The number of carboxylic acid groups (broad SMARTS) is 1. The molecule has 0 aromatic heterocycles. The van der Waals surface area contributed by atoms with Gasteiger partial charge < -0.3 is 5.11 Å². The lowest BCUT2D eigenvalue weighted by Gasteiger charge is -2.00. The summed E-state index contributed by atoms with van der Waals surface area (Å²) in [7, 11) is 0. The lowest BCUT2D eigenvalue weighted by atomic mass is 10.2. The highest BCUT2D eigenvalue weighted by atomic mass is 32.2. The molecule has 1 aromatic carbocycles. The van der Waals surface area contributed by atoms with Crippen LogP contribution in [0.15, 0.2) is 41.1 Å². The molecule has 0 atom stereocenters. The number of hydrogen-bond donors (Lipinski definition) is 1. The van der Waals surface area contributed by atoms with Crippen LogP contribution < -0.4 is 0 Å². The molecule has 0 aliphatic rings. The standard InChI is InChI=1S/C9H8O2S/c1-2-12-8-6-4-3-5-7(8)9(10)11/h2-6H,1H2,(H,10,11). The zero-order chi connectivity index (χ0) is 8.97. The molecule has 0 aliphatic carbocycles. The van der Waals surface area contributed by atoms with Gasteiger partial charge in [-0.25, -0.2) is 4.79 Å². The van der Waals surface area contributed by atoms with Crippen molar-refractivity contribution >= 4 is 17.7 Å². The van der Waals surface area contributed by atoms with Gasteiger partial charge >= 0.3 is 5.97 Å². The zero-order valence-corrected chi connectivity index (χ0v) is 7.17. The molecule has 0 saturated heterocycles. The predicted molar refractivity (Wildman–Crippen MR) is 49.5 cm³/mol. The third kappa shape index (κ3) is 1.89. The van der Waals surface area contributed by atoms with Gasteiger partial charge in [-0.15, -0.1) is 0 Å². The summed E-state index contributed by atoms with van der Waals surface area (Å²) >= 11 is 1.31. The number of carbonyl (C=O) groups is 1. The number of carboxylic acids is 1. The van der Waals surface area contributed by atoms with Crippen molar-refractivity contribution in [2.75, 3.05) is 0 Å². The molecule has 0 saturated carbocycles. The first-order valence-electron chi connectivity index (χ1n) is 3.35. The van der Waals surface area contributed by atoms with Crippen LogP contribution in [0.4, 0.5) is 0 Å². The molecule has 0 bridgehead atoms. The summed E-state index contributed by atoms with van der Waals surface area (Å²) < 4.78 is 0. The van der Waals surface area contributed by atoms with Crippen molar-refractivity contribution in [3.63, 3.8) is 0 Å². The Kier molecular flexibility index (Phi) is 2.94. The van der Waals surface area contributed by atoms with E-state index in [1.54, 1.807) is 29.7 Å². The van der Waals surface area contributed by atoms with Gasteiger partial charge in [-0.05, 0) is 17.5 Å². The second-order valence-electron chi connectivity index (χ2n) is 2.09. The maximum absolute atomic E-state index is 10.6. The Morgan fingerprint density at radius 1 is 1.50 bits per heavy atom. The average molecular weight is 180 g/mol. The van der Waals surface area contributed by atoms with Crippen molar-refractivity contribution in [3.8, 4) is 0 Å². The van der Waals surface area contributed by atoms with E-state index in [0.29, 0.717) is 5.56 Å². The van der Waals surface area contributed by atoms with Crippen molar-refractivity contribution < 1.29 is 9.90 Å². The second-order valence-corrected chi connectivity index (χ2v) is 3.09. The average Bonchev–Trinajstić information content (AvgIpc) is 2.05. The van der Waals surface area contributed by atoms with Crippen molar-refractivity contribution in [1.29, 1.82) is 0 Å². The fourth-order valence-corrected chi connectivity index (χ4v) is 1.45. The molecule has 0 fully saturated rings. The summed E-state index contributed by atoms with van der Waals surface area (Å²) in [4.78, 5) is 11.4. The fraction of sp³-hybridized carbons (Fsp3) is 0. The molecule has 0 spiro atoms. The highest BCUT2D eigenvalue weighted by Gasteiger charge is 2.06. The lowest BCUT2D eigenvalue weighted by molar-refractivity contribution is 0.0693. The summed E-state index contributed by atoms with van der Waals surface area (Å²) in [6.07, 6.45) is 0. The molecule has 1 N–H and O–H groups in total. The van der Waals surface area contributed by atoms with E-state index in [4.69, 9.17) is 5.11 Å². The number of hydrogen-bond acceptors (Lipinski definition) is 2. The van der Waals surface area contributed by atoms with E-state index in [1.165, 1.54) is 11.8 Å². The van der Waals surface area contributed by atoms with E-state index in [9.17, 15) is 4.79 Å². The first-order valence-corrected chi connectivity index (χ1v) is 4.23. The quantitative estimate of drug-likeness (QED) is 0.726. The molecule has 0 heterocycles. The first-order chi connectivity index (χ1) is 5.75. The third-order valence-electron chi connectivity index (χ3n) is 1.33. The molecule has 1 aromatic rings. The Morgan fingerprint density at radius 3 is 2.75 bits per heavy atom. The van der Waals surface area contributed by atoms with Gasteiger partial charge in [0.05, 0.1) is 5.56 Å². The highest BCUT2D eigenvalue weighted by Crippen LogP contribution is 2.22. The SMILES string of the molecule is C=CSc1ccccc1C(=O)O. The van der Waals surface area contributed by atoms with Crippen LogP contribution in [0, 0.1) is 0 Å². The minimum absolute atomic E-state index is 0.322. The number of rotatable bonds is 3. The van der Waals surface area contributed by atoms with Gasteiger partial charge in [-0.3, -0.25) is 0 Å². The maximum Gasteiger partial charge on any atom is 0.336 e. The van der Waals surface area contributed by atoms with Crippen LogP contribution in [-0.2, 0) is 0 Å². The van der Waals surface area contributed by atoms with E-state index in [0.717, 1.165) is 4.90 Å². The monoisotopic (exact) mass is 180 g/mol. The Labute approximate surface area is 74.9 Å². The second kappa shape index (κ2) is 3.97. The number of aromatic carboxylic acids is 1. The van der Waals surface area contributed by atoms with Crippen LogP contribution in [0.1, 0.15) is 10.4 Å². The minimum atomic E-state index is -0.903. The van der Waals surface area contributed by atoms with E-state index in [2.05, 4.69) is 6.58 Å². The highest BCUT2D eigenvalue weighted by molar-refractivity contribution is 8.02. The normalized spacial score (nSPS) is 9.33. The van der Waals surface area contributed by atoms with Crippen LogP contribution in [0.2, 0.25) is 0 Å². The molecule has 12 heavy (non-hydrogen) atoms. The summed E-state index contributed by atoms with van der Waals surface area (Å²) in [6, 6.07) is 6.85. The van der Waals surface area contributed by atoms with Crippen molar-refractivity contribution in [1.82, 2.24) is 0 Å². The van der Waals surface area contributed by atoms with Crippen LogP contribution >= 0.6 is 11.8 Å². The molecular weight excluding hydrogens is 172 g/mol. The van der Waals surface area contributed by atoms with Crippen LogP contribution in [0.3, 0.4) is 0 Å². The molecule has 0 amide bonds. The third-order valence-corrected chi connectivity index (χ3v) is 2.10. The first kappa shape index (κ1) is 8.87. The molecule has 0 radical (unpaired) electrons. The van der Waals surface area contributed by atoms with Crippen LogP contribution in [0.25, 0.3) is 0 Å². The Bertz CT molecular complexity index is 307. The van der Waals surface area contributed by atoms with Crippen LogP contribution in [0.5, 0.6) is 0 Å². The zero-order valence-electron chi connectivity index (χ0n) is 6.36. The molecule has 0 aliphatic heterocycles. The molecule has 3 heteroatoms. The predicted octanol–water partition coefficient (Wildman–Crippen LogP) is 2.62. The molecule has 62 valence electrons. The van der Waals surface area contributed by atoms with Crippen molar-refractivity contribution in [2.45, 2.75) is 4.90 Å². The van der Waals surface area contributed by atoms with E-state index in [-0.39, 0.29) is 0 Å². The molecule has 2 nitrogen and oxygen atoms in total. The number of benzene rings is 1. The largest absolute Gasteiger partial charge is 0.478 e. The summed E-state index contributed by atoms with van der Waals surface area (Å²) in [5, 5.41) is 10.4. The topological polar surface area (TPSA) is 37.3 Å². The number of thioether (sulfide) groups is 1. The smallest absolute Gasteiger partial charge is 0.336 e. The van der Waals surface area contributed by atoms with E-state index >= 15 is 0 Å². The van der Waals surface area contributed by atoms with Gasteiger partial charge in [-0.1, -0.05) is 30.5 Å². The van der Waals surface area contributed by atoms with Gasteiger partial charge in [0, 0.05) is 4.90 Å². The molecule has 0 unspecified atom stereocenters. The van der Waals surface area contributed by atoms with Gasteiger partial charge in [-0.2, -0.15) is 0 Å². The summed E-state index contributed by atoms with van der Waals surface area (Å²) in [5.74, 6) is -0.903. The van der Waals surface area contributed by atoms with Crippen LogP contribution in [-0.4, -0.2) is 11.1 Å². The van der Waals surface area contributed by atoms with Gasteiger partial charge in [0.2, 0.25) is 0 Å². The molecule has 1 rings (SSSR count). The molecular formula is C9H8O2S. The Morgan fingerprint density at radius 2 is 2.17 bits per heavy atom. The minimum Gasteiger partial charge on any atom is -0.478 e. The fourth-order valence-electron chi connectivity index (χ4n) is 0.836. The van der Waals surface area contributed by atoms with Crippen molar-refractivity contribution in [3.05, 3.63) is 41.8 Å². The van der Waals surface area contributed by atoms with Gasteiger partial charge in [0.15, 0.2) is 0 Å². The van der Waals surface area contributed by atoms with Crippen molar-refractivity contribution in [2.24, 2.45) is 0 Å². The van der Waals surface area contributed by atoms with E-state index < -0.39 is 5.97 Å². The lowest BCUT2D eigenvalue weighted by Crippen LogP contribution is -1.97. The Balaban J connectivity index is 3.07. The maximum atomic E-state index is 10.6. The summed E-state index contributed by atoms with van der Waals surface area (Å²) in [6.45, 7) is 3.53. The Hall–Kier alpha value is -1.22. The van der Waals surface area contributed by atoms with Gasteiger partial charge in [0.25, 0.3) is 0 Å². The van der Waals surface area contributed by atoms with Gasteiger partial charge in [0.1, 0.15) is 0 Å². The summed E-state index contributed by atoms with van der Waals surface area (Å²) in [5.41, 5.74) is 0.322. The van der Waals surface area contributed by atoms with E-state index in [1.807, 2.05) is 0 Å².